The van der Waals surface area contributed by atoms with Gasteiger partial charge < -0.3 is 15.8 Å². The van der Waals surface area contributed by atoms with E-state index in [1.54, 1.807) is 7.11 Å². The number of nitrogens with two attached hydrogens (primary N) is 1. The van der Waals surface area contributed by atoms with Crippen LogP contribution in [-0.4, -0.2) is 19.1 Å². The van der Waals surface area contributed by atoms with E-state index in [1.807, 2.05) is 36.4 Å². The minimum Gasteiger partial charge on any atom is -0.497 e. The Morgan fingerprint density at radius 1 is 1.29 bits per heavy atom. The summed E-state index contributed by atoms with van der Waals surface area (Å²) in [5, 5.41) is 3.08. The van der Waals surface area contributed by atoms with Crippen LogP contribution in [0.5, 0.6) is 5.75 Å². The van der Waals surface area contributed by atoms with E-state index in [0.29, 0.717) is 16.4 Å². The van der Waals surface area contributed by atoms with Crippen LogP contribution in [0.15, 0.2) is 51.9 Å². The summed E-state index contributed by atoms with van der Waals surface area (Å²) < 4.78 is 19.0. The zero-order chi connectivity index (χ0) is 17.1. The molecule has 0 atom stereocenters. The smallest absolute Gasteiger partial charge is 0.193 e. The van der Waals surface area contributed by atoms with Gasteiger partial charge >= 0.3 is 0 Å². The molecule has 0 saturated heterocycles. The SMILES string of the molecule is COc1cccc(NC(N)=NC2CC(c3ccc(F)c(Br)c3)C2)c1. The first kappa shape index (κ1) is 16.8. The van der Waals surface area contributed by atoms with E-state index in [1.165, 1.54) is 6.07 Å². The number of benzene rings is 2. The van der Waals surface area contributed by atoms with Gasteiger partial charge in [-0.1, -0.05) is 12.1 Å². The highest BCUT2D eigenvalue weighted by atomic mass is 79.9. The molecule has 2 aromatic carbocycles. The number of nitrogens with one attached hydrogen (secondary N) is 1. The van der Waals surface area contributed by atoms with E-state index >= 15 is 0 Å². The van der Waals surface area contributed by atoms with E-state index in [2.05, 4.69) is 26.2 Å². The zero-order valence-corrected chi connectivity index (χ0v) is 14.9. The summed E-state index contributed by atoms with van der Waals surface area (Å²) in [5.74, 6) is 1.32. The number of anilines is 1. The van der Waals surface area contributed by atoms with Gasteiger partial charge in [-0.05, 0) is 64.5 Å². The molecule has 1 fully saturated rings. The molecule has 126 valence electrons. The second kappa shape index (κ2) is 7.21. The molecule has 3 rings (SSSR count). The first-order valence-electron chi connectivity index (χ1n) is 7.74. The summed E-state index contributed by atoms with van der Waals surface area (Å²) in [4.78, 5) is 4.51. The Morgan fingerprint density at radius 3 is 2.79 bits per heavy atom. The van der Waals surface area contributed by atoms with Gasteiger partial charge in [-0.2, -0.15) is 0 Å². The molecular formula is C18H19BrFN3O. The molecule has 1 aliphatic carbocycles. The van der Waals surface area contributed by atoms with E-state index in [0.717, 1.165) is 29.8 Å². The van der Waals surface area contributed by atoms with Crippen LogP contribution in [0.4, 0.5) is 10.1 Å². The number of ether oxygens (including phenoxy) is 1. The van der Waals surface area contributed by atoms with Gasteiger partial charge in [0.1, 0.15) is 11.6 Å². The van der Waals surface area contributed by atoms with Gasteiger partial charge in [-0.15, -0.1) is 0 Å². The third-order valence-electron chi connectivity index (χ3n) is 4.19. The lowest BCUT2D eigenvalue weighted by molar-refractivity contribution is 0.353. The molecule has 0 spiro atoms. The van der Waals surface area contributed by atoms with Gasteiger partial charge in [0, 0.05) is 11.8 Å². The van der Waals surface area contributed by atoms with Gasteiger partial charge in [-0.3, -0.25) is 0 Å². The number of aliphatic imine (C=N–C) groups is 1. The molecule has 0 aliphatic heterocycles. The van der Waals surface area contributed by atoms with Crippen molar-refractivity contribution >= 4 is 27.6 Å². The lowest BCUT2D eigenvalue weighted by Gasteiger charge is -2.33. The minimum absolute atomic E-state index is 0.192. The topological polar surface area (TPSA) is 59.6 Å². The molecule has 3 N–H and O–H groups in total. The highest BCUT2D eigenvalue weighted by Crippen LogP contribution is 2.39. The normalized spacial score (nSPS) is 20.4. The van der Waals surface area contributed by atoms with Crippen LogP contribution in [0.1, 0.15) is 24.3 Å². The lowest BCUT2D eigenvalue weighted by atomic mass is 9.76. The van der Waals surface area contributed by atoms with Crippen LogP contribution in [0.25, 0.3) is 0 Å². The van der Waals surface area contributed by atoms with Crippen LogP contribution in [0.3, 0.4) is 0 Å². The number of guanidine groups is 1. The Morgan fingerprint density at radius 2 is 2.08 bits per heavy atom. The highest BCUT2D eigenvalue weighted by molar-refractivity contribution is 9.10. The van der Waals surface area contributed by atoms with E-state index in [-0.39, 0.29) is 11.9 Å². The Hall–Kier alpha value is -2.08. The monoisotopic (exact) mass is 391 g/mol. The number of halogens is 2. The summed E-state index contributed by atoms with van der Waals surface area (Å²) >= 11 is 3.23. The summed E-state index contributed by atoms with van der Waals surface area (Å²) in [7, 11) is 1.62. The molecule has 0 unspecified atom stereocenters. The van der Waals surface area contributed by atoms with Crippen LogP contribution >= 0.6 is 15.9 Å². The quantitative estimate of drug-likeness (QED) is 0.604. The van der Waals surface area contributed by atoms with Gasteiger partial charge in [-0.25, -0.2) is 9.38 Å². The summed E-state index contributed by atoms with van der Waals surface area (Å²) in [6, 6.07) is 12.9. The largest absolute Gasteiger partial charge is 0.497 e. The molecule has 2 aromatic rings. The first-order valence-corrected chi connectivity index (χ1v) is 8.53. The predicted molar refractivity (Wildman–Crippen MR) is 98.1 cm³/mol. The van der Waals surface area contributed by atoms with Crippen LogP contribution in [0, 0.1) is 5.82 Å². The molecule has 0 aromatic heterocycles. The van der Waals surface area contributed by atoms with Crippen LogP contribution in [-0.2, 0) is 0 Å². The summed E-state index contributed by atoms with van der Waals surface area (Å²) in [6.07, 6.45) is 1.83. The summed E-state index contributed by atoms with van der Waals surface area (Å²) in [5.41, 5.74) is 7.95. The Labute approximate surface area is 149 Å². The molecule has 0 amide bonds. The molecule has 4 nitrogen and oxygen atoms in total. The fourth-order valence-electron chi connectivity index (χ4n) is 2.81. The standard InChI is InChI=1S/C18H19BrFN3O/c1-24-15-4-2-3-13(10-15)22-18(21)23-14-7-12(8-14)11-5-6-17(20)16(19)9-11/h2-6,9-10,12,14H,7-8H2,1H3,(H3,21,22,23). The van der Waals surface area contributed by atoms with Gasteiger partial charge in [0.25, 0.3) is 0 Å². The average molecular weight is 392 g/mol. The van der Waals surface area contributed by atoms with Crippen molar-refractivity contribution in [3.63, 3.8) is 0 Å². The van der Waals surface area contributed by atoms with Crippen molar-refractivity contribution < 1.29 is 9.13 Å². The molecule has 1 saturated carbocycles. The molecule has 24 heavy (non-hydrogen) atoms. The third kappa shape index (κ3) is 3.87. The van der Waals surface area contributed by atoms with Gasteiger partial charge in [0.2, 0.25) is 0 Å². The van der Waals surface area contributed by atoms with Crippen molar-refractivity contribution in [2.75, 3.05) is 12.4 Å². The maximum atomic E-state index is 13.3. The van der Waals surface area contributed by atoms with Crippen molar-refractivity contribution in [2.45, 2.75) is 24.8 Å². The number of nitrogens with zero attached hydrogens (tertiary/aromatic N) is 1. The van der Waals surface area contributed by atoms with Crippen molar-refractivity contribution in [1.82, 2.24) is 0 Å². The van der Waals surface area contributed by atoms with E-state index in [4.69, 9.17) is 10.5 Å². The molecule has 1 aliphatic rings. The van der Waals surface area contributed by atoms with Gasteiger partial charge in [0.05, 0.1) is 17.6 Å². The fourth-order valence-corrected chi connectivity index (χ4v) is 3.21. The van der Waals surface area contributed by atoms with Crippen molar-refractivity contribution in [3.8, 4) is 5.75 Å². The number of hydrogen-bond donors (Lipinski definition) is 2. The van der Waals surface area contributed by atoms with Crippen LogP contribution < -0.4 is 15.8 Å². The van der Waals surface area contributed by atoms with Gasteiger partial charge in [0.15, 0.2) is 5.96 Å². The summed E-state index contributed by atoms with van der Waals surface area (Å²) in [6.45, 7) is 0. The fraction of sp³-hybridized carbons (Fsp3) is 0.278. The molecule has 0 bridgehead atoms. The Kier molecular flexibility index (Phi) is 5.04. The molecule has 0 radical (unpaired) electrons. The second-order valence-corrected chi connectivity index (χ2v) is 6.72. The molecule has 6 heteroatoms. The zero-order valence-electron chi connectivity index (χ0n) is 13.3. The number of rotatable bonds is 4. The average Bonchev–Trinajstić information content (AvgIpc) is 2.53. The highest BCUT2D eigenvalue weighted by Gasteiger charge is 2.30. The van der Waals surface area contributed by atoms with Crippen LogP contribution in [0.2, 0.25) is 0 Å². The predicted octanol–water partition coefficient (Wildman–Crippen LogP) is 4.27. The molecule has 0 heterocycles. The maximum Gasteiger partial charge on any atom is 0.193 e. The number of hydrogen-bond acceptors (Lipinski definition) is 2. The van der Waals surface area contributed by atoms with Crippen molar-refractivity contribution in [3.05, 3.63) is 58.3 Å². The van der Waals surface area contributed by atoms with Crippen molar-refractivity contribution in [1.29, 1.82) is 0 Å². The van der Waals surface area contributed by atoms with E-state index in [9.17, 15) is 4.39 Å². The first-order chi connectivity index (χ1) is 11.5. The number of methoxy groups -OCH3 is 1. The Balaban J connectivity index is 1.57. The lowest BCUT2D eigenvalue weighted by Crippen LogP contribution is -2.31. The van der Waals surface area contributed by atoms with Crippen molar-refractivity contribution in [2.24, 2.45) is 10.7 Å². The third-order valence-corrected chi connectivity index (χ3v) is 4.80. The molecular weight excluding hydrogens is 373 g/mol. The Bertz CT molecular complexity index is 760. The minimum atomic E-state index is -0.237. The maximum absolute atomic E-state index is 13.3. The van der Waals surface area contributed by atoms with E-state index < -0.39 is 0 Å². The second-order valence-electron chi connectivity index (χ2n) is 5.87.